The molecule has 2 nitrogen and oxygen atoms in total. The fourth-order valence-electron chi connectivity index (χ4n) is 3.40. The van der Waals surface area contributed by atoms with E-state index < -0.39 is 0 Å². The molecular formula is C17H29NO. The molecule has 0 bridgehead atoms. The van der Waals surface area contributed by atoms with Crippen LogP contribution in [0.1, 0.15) is 58.8 Å². The second-order valence-electron chi connectivity index (χ2n) is 6.30. The predicted molar refractivity (Wildman–Crippen MR) is 80.0 cm³/mol. The van der Waals surface area contributed by atoms with E-state index in [-0.39, 0.29) is 0 Å². The molecule has 19 heavy (non-hydrogen) atoms. The van der Waals surface area contributed by atoms with Crippen molar-refractivity contribution < 1.29 is 4.74 Å². The Morgan fingerprint density at radius 3 is 2.63 bits per heavy atom. The van der Waals surface area contributed by atoms with Gasteiger partial charge in [-0.1, -0.05) is 31.1 Å². The largest absolute Gasteiger partial charge is 0.367 e. The summed E-state index contributed by atoms with van der Waals surface area (Å²) >= 11 is 0. The van der Waals surface area contributed by atoms with Crippen molar-refractivity contribution in [3.8, 4) is 11.8 Å². The molecule has 1 aliphatic carbocycles. The molecule has 108 valence electrons. The second-order valence-corrected chi connectivity index (χ2v) is 6.30. The number of likely N-dealkylation sites (tertiary alicyclic amines) is 1. The van der Waals surface area contributed by atoms with Crippen molar-refractivity contribution in [2.24, 2.45) is 5.92 Å². The van der Waals surface area contributed by atoms with Gasteiger partial charge in [0.05, 0.1) is 6.61 Å². The first-order valence-corrected chi connectivity index (χ1v) is 8.09. The van der Waals surface area contributed by atoms with E-state index in [1.165, 1.54) is 51.5 Å². The Labute approximate surface area is 118 Å². The average molecular weight is 263 g/mol. The zero-order chi connectivity index (χ0) is 13.5. The van der Waals surface area contributed by atoms with Crippen LogP contribution in [0.25, 0.3) is 0 Å². The molecule has 0 radical (unpaired) electrons. The third-order valence-electron chi connectivity index (χ3n) is 4.48. The Balaban J connectivity index is 1.62. The fourth-order valence-corrected chi connectivity index (χ4v) is 3.40. The lowest BCUT2D eigenvalue weighted by Crippen LogP contribution is -2.38. The highest BCUT2D eigenvalue weighted by Crippen LogP contribution is 2.22. The summed E-state index contributed by atoms with van der Waals surface area (Å²) in [7, 11) is 0. The van der Waals surface area contributed by atoms with E-state index in [1.807, 2.05) is 0 Å². The van der Waals surface area contributed by atoms with Gasteiger partial charge in [-0.2, -0.15) is 0 Å². The number of ether oxygens (including phenoxy) is 1. The minimum atomic E-state index is 0.622. The van der Waals surface area contributed by atoms with Crippen LogP contribution < -0.4 is 0 Å². The average Bonchev–Trinajstić information content (AvgIpc) is 2.88. The minimum absolute atomic E-state index is 0.622. The molecule has 1 unspecified atom stereocenters. The van der Waals surface area contributed by atoms with E-state index in [4.69, 9.17) is 4.74 Å². The molecule has 1 saturated carbocycles. The smallest absolute Gasteiger partial charge is 0.107 e. The zero-order valence-corrected chi connectivity index (χ0v) is 12.7. The second kappa shape index (κ2) is 7.92. The van der Waals surface area contributed by atoms with Crippen LogP contribution in [0.3, 0.4) is 0 Å². The monoisotopic (exact) mass is 263 g/mol. The SMILES string of the molecule is CC(C)N1CCCC1COCC#CC1CCCCC1. The fraction of sp³-hybridized carbons (Fsp3) is 0.882. The van der Waals surface area contributed by atoms with E-state index in [1.54, 1.807) is 0 Å². The van der Waals surface area contributed by atoms with Crippen LogP contribution in [0.2, 0.25) is 0 Å². The first-order valence-electron chi connectivity index (χ1n) is 8.09. The number of rotatable bonds is 4. The summed E-state index contributed by atoms with van der Waals surface area (Å²) in [5, 5.41) is 0. The first-order chi connectivity index (χ1) is 9.27. The lowest BCUT2D eigenvalue weighted by Gasteiger charge is -2.27. The van der Waals surface area contributed by atoms with Crippen LogP contribution in [0.4, 0.5) is 0 Å². The van der Waals surface area contributed by atoms with Crippen molar-refractivity contribution >= 4 is 0 Å². The molecule has 0 aromatic heterocycles. The molecule has 0 aromatic carbocycles. The van der Waals surface area contributed by atoms with Crippen molar-refractivity contribution in [2.45, 2.75) is 70.9 Å². The van der Waals surface area contributed by atoms with Crippen molar-refractivity contribution in [2.75, 3.05) is 19.8 Å². The van der Waals surface area contributed by atoms with Gasteiger partial charge in [0, 0.05) is 18.0 Å². The molecular weight excluding hydrogens is 234 g/mol. The normalized spacial score (nSPS) is 25.5. The number of hydrogen-bond donors (Lipinski definition) is 0. The molecule has 2 fully saturated rings. The van der Waals surface area contributed by atoms with Crippen LogP contribution in [0.15, 0.2) is 0 Å². The van der Waals surface area contributed by atoms with E-state index in [9.17, 15) is 0 Å². The maximum atomic E-state index is 5.77. The molecule has 1 heterocycles. The van der Waals surface area contributed by atoms with Gasteiger partial charge in [0.15, 0.2) is 0 Å². The third-order valence-corrected chi connectivity index (χ3v) is 4.48. The van der Waals surface area contributed by atoms with Gasteiger partial charge >= 0.3 is 0 Å². The highest BCUT2D eigenvalue weighted by atomic mass is 16.5. The molecule has 2 heteroatoms. The maximum absolute atomic E-state index is 5.77. The number of hydrogen-bond acceptors (Lipinski definition) is 2. The zero-order valence-electron chi connectivity index (χ0n) is 12.7. The topological polar surface area (TPSA) is 12.5 Å². The van der Waals surface area contributed by atoms with Gasteiger partial charge in [-0.05, 0) is 46.1 Å². The van der Waals surface area contributed by atoms with E-state index in [0.717, 1.165) is 6.61 Å². The number of nitrogens with zero attached hydrogens (tertiary/aromatic N) is 1. The molecule has 0 amide bonds. The summed E-state index contributed by atoms with van der Waals surface area (Å²) in [6.07, 6.45) is 9.35. The molecule has 1 atom stereocenters. The van der Waals surface area contributed by atoms with Gasteiger partial charge in [0.25, 0.3) is 0 Å². The standard InChI is InChI=1S/C17H29NO/c1-15(2)18-12-6-11-17(18)14-19-13-7-10-16-8-4-3-5-9-16/h15-17H,3-6,8-9,11-14H2,1-2H3. The van der Waals surface area contributed by atoms with Gasteiger partial charge < -0.3 is 4.74 Å². The maximum Gasteiger partial charge on any atom is 0.107 e. The molecule has 2 aliphatic rings. The van der Waals surface area contributed by atoms with Gasteiger partial charge in [-0.25, -0.2) is 0 Å². The van der Waals surface area contributed by atoms with Crippen LogP contribution in [0.5, 0.6) is 0 Å². The third kappa shape index (κ3) is 4.82. The molecule has 0 N–H and O–H groups in total. The highest BCUT2D eigenvalue weighted by molar-refractivity contribution is 5.04. The Morgan fingerprint density at radius 1 is 1.11 bits per heavy atom. The molecule has 1 saturated heterocycles. The van der Waals surface area contributed by atoms with Crippen LogP contribution in [0, 0.1) is 17.8 Å². The van der Waals surface area contributed by atoms with Crippen LogP contribution in [-0.4, -0.2) is 36.7 Å². The van der Waals surface area contributed by atoms with Crippen LogP contribution in [-0.2, 0) is 4.74 Å². The van der Waals surface area contributed by atoms with Crippen molar-refractivity contribution in [1.82, 2.24) is 4.90 Å². The summed E-state index contributed by atoms with van der Waals surface area (Å²) in [6, 6.07) is 1.26. The van der Waals surface area contributed by atoms with Crippen molar-refractivity contribution in [3.05, 3.63) is 0 Å². The Bertz CT molecular complexity index is 309. The van der Waals surface area contributed by atoms with E-state index >= 15 is 0 Å². The Kier molecular flexibility index (Phi) is 6.20. The van der Waals surface area contributed by atoms with Gasteiger partial charge in [0.2, 0.25) is 0 Å². The van der Waals surface area contributed by atoms with Crippen molar-refractivity contribution in [3.63, 3.8) is 0 Å². The molecule has 1 aliphatic heterocycles. The quantitative estimate of drug-likeness (QED) is 0.569. The van der Waals surface area contributed by atoms with Gasteiger partial charge in [-0.3, -0.25) is 4.90 Å². The van der Waals surface area contributed by atoms with Gasteiger partial charge in [-0.15, -0.1) is 0 Å². The summed E-state index contributed by atoms with van der Waals surface area (Å²) in [4.78, 5) is 2.56. The lowest BCUT2D eigenvalue weighted by atomic mass is 9.90. The summed E-state index contributed by atoms with van der Waals surface area (Å²) < 4.78 is 5.77. The Hall–Kier alpha value is -0.520. The minimum Gasteiger partial charge on any atom is -0.367 e. The Morgan fingerprint density at radius 2 is 1.89 bits per heavy atom. The summed E-state index contributed by atoms with van der Waals surface area (Å²) in [6.45, 7) is 7.28. The highest BCUT2D eigenvalue weighted by Gasteiger charge is 2.26. The molecule has 0 spiro atoms. The molecule has 2 rings (SSSR count). The molecule has 0 aromatic rings. The first kappa shape index (κ1) is 14.9. The predicted octanol–water partition coefficient (Wildman–Crippen LogP) is 3.46. The van der Waals surface area contributed by atoms with Crippen LogP contribution >= 0.6 is 0 Å². The van der Waals surface area contributed by atoms with E-state index in [2.05, 4.69) is 30.6 Å². The van der Waals surface area contributed by atoms with Crippen molar-refractivity contribution in [1.29, 1.82) is 0 Å². The summed E-state index contributed by atoms with van der Waals surface area (Å²) in [5.74, 6) is 7.27. The lowest BCUT2D eigenvalue weighted by molar-refractivity contribution is 0.0829. The summed E-state index contributed by atoms with van der Waals surface area (Å²) in [5.41, 5.74) is 0. The van der Waals surface area contributed by atoms with Gasteiger partial charge in [0.1, 0.15) is 6.61 Å². The van der Waals surface area contributed by atoms with E-state index in [0.29, 0.717) is 24.6 Å².